The van der Waals surface area contributed by atoms with Crippen molar-refractivity contribution in [2.24, 2.45) is 0 Å². The van der Waals surface area contributed by atoms with Crippen molar-refractivity contribution < 1.29 is 0 Å². The van der Waals surface area contributed by atoms with Crippen molar-refractivity contribution in [2.45, 2.75) is 12.8 Å². The van der Waals surface area contributed by atoms with Gasteiger partial charge < -0.3 is 0 Å². The Labute approximate surface area is 93.5 Å². The van der Waals surface area contributed by atoms with E-state index in [0.717, 1.165) is 0 Å². The number of rotatable bonds is 0. The second-order valence-corrected chi connectivity index (χ2v) is 4.99. The molecule has 0 heterocycles. The van der Waals surface area contributed by atoms with Crippen LogP contribution in [0.5, 0.6) is 0 Å². The predicted octanol–water partition coefficient (Wildman–Crippen LogP) is 3.80. The zero-order valence-corrected chi connectivity index (χ0v) is 8.88. The van der Waals surface area contributed by atoms with E-state index in [0.29, 0.717) is 0 Å². The summed E-state index contributed by atoms with van der Waals surface area (Å²) in [5, 5.41) is 6.15. The van der Waals surface area contributed by atoms with E-state index in [9.17, 15) is 0 Å². The molecule has 3 aromatic carbocycles. The van der Waals surface area contributed by atoms with Gasteiger partial charge in [0, 0.05) is 0 Å². The first-order chi connectivity index (χ1) is 7.93. The summed E-state index contributed by atoms with van der Waals surface area (Å²) in [5.74, 6) is 0. The Bertz CT molecular complexity index is 708. The smallest absolute Gasteiger partial charge is 0.000707 e. The van der Waals surface area contributed by atoms with Crippen LogP contribution in [0.2, 0.25) is 0 Å². The van der Waals surface area contributed by atoms with E-state index in [1.165, 1.54) is 23.6 Å². The average Bonchev–Trinajstić information content (AvgIpc) is 2.22. The maximum atomic E-state index is 2.30. The highest BCUT2D eigenvalue weighted by molar-refractivity contribution is 6.14. The third-order valence-electron chi connectivity index (χ3n) is 4.29. The van der Waals surface area contributed by atoms with E-state index >= 15 is 0 Å². The van der Waals surface area contributed by atoms with Gasteiger partial charge in [0.25, 0.3) is 0 Å². The van der Waals surface area contributed by atoms with Crippen LogP contribution < -0.4 is 0 Å². The van der Waals surface area contributed by atoms with Gasteiger partial charge in [0.15, 0.2) is 0 Å². The number of fused-ring (bicyclic) bond motifs is 2. The minimum absolute atomic E-state index is 1.17. The summed E-state index contributed by atoms with van der Waals surface area (Å²) in [5.41, 5.74) is 6.27. The van der Waals surface area contributed by atoms with Crippen LogP contribution in [-0.4, -0.2) is 0 Å². The van der Waals surface area contributed by atoms with Crippen molar-refractivity contribution in [1.82, 2.24) is 0 Å². The highest BCUT2D eigenvalue weighted by Gasteiger charge is 2.27. The molecule has 0 atom stereocenters. The molecule has 2 aliphatic carbocycles. The molecule has 2 aliphatic rings. The van der Waals surface area contributed by atoms with Crippen LogP contribution in [-0.2, 0) is 12.8 Å². The SMILES string of the molecule is c1cc2c3c(c4cccc5c4c(c3c1)C5)C2. The lowest BCUT2D eigenvalue weighted by Gasteiger charge is -2.30. The monoisotopic (exact) mass is 202 g/mol. The highest BCUT2D eigenvalue weighted by Crippen LogP contribution is 2.47. The third kappa shape index (κ3) is 0.605. The first kappa shape index (κ1) is 7.45. The van der Waals surface area contributed by atoms with Crippen LogP contribution in [0.25, 0.3) is 21.5 Å². The normalized spacial score (nSPS) is 15.0. The van der Waals surface area contributed by atoms with E-state index < -0.39 is 0 Å². The van der Waals surface area contributed by atoms with Crippen molar-refractivity contribution in [3.8, 4) is 0 Å². The fraction of sp³-hybridized carbons (Fsp3) is 0.125. The maximum Gasteiger partial charge on any atom is -0.000707 e. The zero-order valence-electron chi connectivity index (χ0n) is 8.88. The summed E-state index contributed by atoms with van der Waals surface area (Å²) < 4.78 is 0. The molecule has 0 saturated heterocycles. The molecule has 0 amide bonds. The number of hydrogen-bond donors (Lipinski definition) is 0. The Morgan fingerprint density at radius 3 is 1.62 bits per heavy atom. The molecule has 0 N–H and O–H groups in total. The third-order valence-corrected chi connectivity index (χ3v) is 4.29. The molecule has 3 aromatic rings. The number of hydrogen-bond acceptors (Lipinski definition) is 0. The van der Waals surface area contributed by atoms with Crippen molar-refractivity contribution in [1.29, 1.82) is 0 Å². The number of benzene rings is 3. The Kier molecular flexibility index (Phi) is 1.000. The molecule has 16 heavy (non-hydrogen) atoms. The first-order valence-electron chi connectivity index (χ1n) is 5.90. The predicted molar refractivity (Wildman–Crippen MR) is 67.1 cm³/mol. The van der Waals surface area contributed by atoms with Gasteiger partial charge in [-0.3, -0.25) is 0 Å². The molecule has 0 saturated carbocycles. The molecule has 0 unspecified atom stereocenters. The van der Waals surface area contributed by atoms with Crippen LogP contribution in [0, 0.1) is 0 Å². The van der Waals surface area contributed by atoms with Gasteiger partial charge in [-0.05, 0) is 56.6 Å². The van der Waals surface area contributed by atoms with E-state index in [2.05, 4.69) is 36.4 Å². The van der Waals surface area contributed by atoms with Crippen molar-refractivity contribution in [3.05, 3.63) is 58.7 Å². The van der Waals surface area contributed by atoms with Crippen LogP contribution in [0.3, 0.4) is 0 Å². The van der Waals surface area contributed by atoms with Gasteiger partial charge in [-0.25, -0.2) is 0 Å². The summed E-state index contributed by atoms with van der Waals surface area (Å²) in [6, 6.07) is 13.6. The molecule has 0 aliphatic heterocycles. The Morgan fingerprint density at radius 2 is 1.12 bits per heavy atom. The standard InChI is InChI=1S/C16H10/c1-3-9-7-14-12-6-2-4-10-8-13(16(10)12)11(5-1)15(9)14/h1-6H,7-8H2. The summed E-state index contributed by atoms with van der Waals surface area (Å²) >= 11 is 0. The molecule has 0 radical (unpaired) electrons. The van der Waals surface area contributed by atoms with Crippen molar-refractivity contribution >= 4 is 21.5 Å². The van der Waals surface area contributed by atoms with Crippen molar-refractivity contribution in [2.75, 3.05) is 0 Å². The van der Waals surface area contributed by atoms with Gasteiger partial charge in [0.05, 0.1) is 0 Å². The van der Waals surface area contributed by atoms with Gasteiger partial charge in [0.1, 0.15) is 0 Å². The van der Waals surface area contributed by atoms with E-state index in [1.54, 1.807) is 33.0 Å². The van der Waals surface area contributed by atoms with Crippen LogP contribution in [0.4, 0.5) is 0 Å². The topological polar surface area (TPSA) is 0 Å². The molecule has 0 bridgehead atoms. The van der Waals surface area contributed by atoms with Crippen LogP contribution in [0.1, 0.15) is 22.3 Å². The fourth-order valence-electron chi connectivity index (χ4n) is 3.51. The molecule has 0 spiro atoms. The first-order valence-corrected chi connectivity index (χ1v) is 5.90. The summed E-state index contributed by atoms with van der Waals surface area (Å²) in [7, 11) is 0. The van der Waals surface area contributed by atoms with Gasteiger partial charge in [-0.2, -0.15) is 0 Å². The minimum atomic E-state index is 1.17. The molecule has 0 aromatic heterocycles. The van der Waals surface area contributed by atoms with E-state index in [1.807, 2.05) is 0 Å². The lowest BCUT2D eigenvalue weighted by Crippen LogP contribution is -2.12. The Balaban J connectivity index is 2.21. The summed E-state index contributed by atoms with van der Waals surface area (Å²) in [6.07, 6.45) is 2.35. The van der Waals surface area contributed by atoms with Gasteiger partial charge in [-0.1, -0.05) is 36.4 Å². The molecule has 0 heteroatoms. The maximum absolute atomic E-state index is 2.30. The van der Waals surface area contributed by atoms with Gasteiger partial charge in [-0.15, -0.1) is 0 Å². The molecule has 74 valence electrons. The molecular formula is C16H10. The molecule has 0 nitrogen and oxygen atoms in total. The molecular weight excluding hydrogens is 192 g/mol. The summed E-state index contributed by atoms with van der Waals surface area (Å²) in [6.45, 7) is 0. The van der Waals surface area contributed by atoms with E-state index in [-0.39, 0.29) is 0 Å². The van der Waals surface area contributed by atoms with Gasteiger partial charge in [0.2, 0.25) is 0 Å². The zero-order chi connectivity index (χ0) is 10.3. The molecule has 5 rings (SSSR count). The fourth-order valence-corrected chi connectivity index (χ4v) is 3.51. The van der Waals surface area contributed by atoms with Crippen LogP contribution in [0.15, 0.2) is 36.4 Å². The highest BCUT2D eigenvalue weighted by atomic mass is 14.3. The largest absolute Gasteiger partial charge is 0.0613 e. The second kappa shape index (κ2) is 2.15. The van der Waals surface area contributed by atoms with E-state index in [4.69, 9.17) is 0 Å². The average molecular weight is 202 g/mol. The Morgan fingerprint density at radius 1 is 0.625 bits per heavy atom. The lowest BCUT2D eigenvalue weighted by molar-refractivity contribution is 1.13. The minimum Gasteiger partial charge on any atom is -0.0613 e. The summed E-state index contributed by atoms with van der Waals surface area (Å²) in [4.78, 5) is 0. The quantitative estimate of drug-likeness (QED) is 0.335. The molecule has 0 fully saturated rings. The second-order valence-electron chi connectivity index (χ2n) is 4.99. The van der Waals surface area contributed by atoms with Crippen LogP contribution >= 0.6 is 0 Å². The van der Waals surface area contributed by atoms with Crippen molar-refractivity contribution in [3.63, 3.8) is 0 Å². The lowest BCUT2D eigenvalue weighted by atomic mass is 9.73. The van der Waals surface area contributed by atoms with Gasteiger partial charge >= 0.3 is 0 Å². The Hall–Kier alpha value is -1.82.